The number of likely N-dealkylation sites (tertiary alicyclic amines) is 1. The Kier molecular flexibility index (Phi) is 7.33. The van der Waals surface area contributed by atoms with E-state index in [1.54, 1.807) is 11.9 Å². The number of aliphatic hydroxyl groups is 1. The number of carbonyl (C=O) groups excluding carboxylic acids is 2. The van der Waals surface area contributed by atoms with Gasteiger partial charge in [0.25, 0.3) is 0 Å². The third-order valence-electron chi connectivity index (χ3n) is 6.10. The Hall–Kier alpha value is -2.86. The normalized spacial score (nSPS) is 20.2. The lowest BCUT2D eigenvalue weighted by molar-refractivity contribution is -0.149. The maximum atomic E-state index is 12.8. The van der Waals surface area contributed by atoms with Gasteiger partial charge in [-0.05, 0) is 37.0 Å². The Labute approximate surface area is 184 Å². The molecule has 0 radical (unpaired) electrons. The molecule has 1 heterocycles. The maximum absolute atomic E-state index is 12.8. The fraction of sp³-hybridized carbons (Fsp3) is 0.440. The number of likely N-dealkylation sites (N-methyl/N-ethyl adjacent to an activating group) is 1. The number of urea groups is 1. The molecule has 6 nitrogen and oxygen atoms in total. The largest absolute Gasteiger partial charge is 0.394 e. The molecule has 1 fully saturated rings. The lowest BCUT2D eigenvalue weighted by Crippen LogP contribution is -2.66. The van der Waals surface area contributed by atoms with Crippen molar-refractivity contribution in [3.05, 3.63) is 59.7 Å². The van der Waals surface area contributed by atoms with E-state index in [2.05, 4.69) is 60.8 Å². The van der Waals surface area contributed by atoms with Crippen molar-refractivity contribution in [3.8, 4) is 11.1 Å². The molecule has 166 valence electrons. The van der Waals surface area contributed by atoms with Crippen molar-refractivity contribution < 1.29 is 14.7 Å². The number of rotatable bonds is 7. The average Bonchev–Trinajstić information content (AvgIpc) is 2.76. The minimum atomic E-state index is -0.278. The molecule has 3 atom stereocenters. The van der Waals surface area contributed by atoms with Crippen molar-refractivity contribution in [2.45, 2.75) is 45.2 Å². The SMILES string of the molecule is CCCNC(=O)N(C)CC(=O)N1[C@H](CO)[C@H](c2ccc(-c3cccc(C)c3)cc2)[C@@H]1C. The zero-order chi connectivity index (χ0) is 22.5. The van der Waals surface area contributed by atoms with E-state index in [0.717, 1.165) is 17.5 Å². The summed E-state index contributed by atoms with van der Waals surface area (Å²) in [7, 11) is 1.61. The predicted molar refractivity (Wildman–Crippen MR) is 123 cm³/mol. The van der Waals surface area contributed by atoms with Gasteiger partial charge in [-0.3, -0.25) is 4.79 Å². The van der Waals surface area contributed by atoms with Crippen molar-refractivity contribution in [1.29, 1.82) is 0 Å². The van der Waals surface area contributed by atoms with E-state index in [1.165, 1.54) is 16.0 Å². The second-order valence-corrected chi connectivity index (χ2v) is 8.40. The minimum Gasteiger partial charge on any atom is -0.394 e. The van der Waals surface area contributed by atoms with Crippen molar-refractivity contribution in [2.24, 2.45) is 0 Å². The number of nitrogens with zero attached hydrogens (tertiary/aromatic N) is 2. The number of nitrogens with one attached hydrogen (secondary N) is 1. The van der Waals surface area contributed by atoms with E-state index < -0.39 is 0 Å². The second-order valence-electron chi connectivity index (χ2n) is 8.40. The van der Waals surface area contributed by atoms with Gasteiger partial charge in [0.05, 0.1) is 12.6 Å². The summed E-state index contributed by atoms with van der Waals surface area (Å²) in [5.74, 6) is -0.0759. The van der Waals surface area contributed by atoms with Gasteiger partial charge in [0.15, 0.2) is 0 Å². The zero-order valence-corrected chi connectivity index (χ0v) is 18.8. The third kappa shape index (κ3) is 4.90. The summed E-state index contributed by atoms with van der Waals surface area (Å²) < 4.78 is 0. The fourth-order valence-corrected chi connectivity index (χ4v) is 4.43. The van der Waals surface area contributed by atoms with Crippen LogP contribution in [0, 0.1) is 6.92 Å². The first-order chi connectivity index (χ1) is 14.9. The van der Waals surface area contributed by atoms with Crippen LogP contribution < -0.4 is 5.32 Å². The Morgan fingerprint density at radius 3 is 2.45 bits per heavy atom. The average molecular weight is 424 g/mol. The van der Waals surface area contributed by atoms with E-state index >= 15 is 0 Å². The van der Waals surface area contributed by atoms with Crippen LogP contribution >= 0.6 is 0 Å². The molecule has 0 aliphatic carbocycles. The van der Waals surface area contributed by atoms with Crippen molar-refractivity contribution in [3.63, 3.8) is 0 Å². The molecule has 0 saturated carbocycles. The number of amides is 3. The monoisotopic (exact) mass is 423 g/mol. The van der Waals surface area contributed by atoms with Crippen LogP contribution in [0.5, 0.6) is 0 Å². The number of aryl methyl sites for hydroxylation is 1. The van der Waals surface area contributed by atoms with Crippen molar-refractivity contribution in [1.82, 2.24) is 15.1 Å². The predicted octanol–water partition coefficient (Wildman–Crippen LogP) is 3.39. The molecule has 3 amide bonds. The molecule has 0 unspecified atom stereocenters. The molecule has 3 rings (SSSR count). The molecular formula is C25H33N3O3. The number of hydrogen-bond donors (Lipinski definition) is 2. The first kappa shape index (κ1) is 22.8. The van der Waals surface area contributed by atoms with Gasteiger partial charge in [-0.25, -0.2) is 4.79 Å². The number of aliphatic hydroxyl groups excluding tert-OH is 1. The van der Waals surface area contributed by atoms with E-state index in [4.69, 9.17) is 0 Å². The molecule has 0 spiro atoms. The smallest absolute Gasteiger partial charge is 0.317 e. The number of benzene rings is 2. The van der Waals surface area contributed by atoms with Crippen molar-refractivity contribution in [2.75, 3.05) is 26.7 Å². The van der Waals surface area contributed by atoms with Crippen LogP contribution in [0.2, 0.25) is 0 Å². The third-order valence-corrected chi connectivity index (χ3v) is 6.10. The highest BCUT2D eigenvalue weighted by molar-refractivity contribution is 5.85. The van der Waals surface area contributed by atoms with Crippen molar-refractivity contribution >= 4 is 11.9 Å². The fourth-order valence-electron chi connectivity index (χ4n) is 4.43. The summed E-state index contributed by atoms with van der Waals surface area (Å²) in [6.45, 7) is 6.53. The Bertz CT molecular complexity index is 912. The highest BCUT2D eigenvalue weighted by Crippen LogP contribution is 2.41. The summed E-state index contributed by atoms with van der Waals surface area (Å²) in [6, 6.07) is 16.2. The van der Waals surface area contributed by atoms with Gasteiger partial charge < -0.3 is 20.2 Å². The molecule has 0 bridgehead atoms. The highest BCUT2D eigenvalue weighted by atomic mass is 16.3. The number of carbonyl (C=O) groups is 2. The molecule has 31 heavy (non-hydrogen) atoms. The summed E-state index contributed by atoms with van der Waals surface area (Å²) in [5.41, 5.74) is 4.65. The highest BCUT2D eigenvalue weighted by Gasteiger charge is 2.48. The molecule has 1 aliphatic rings. The molecule has 2 aromatic rings. The van der Waals surface area contributed by atoms with Crippen LogP contribution in [0.1, 0.15) is 37.3 Å². The summed E-state index contributed by atoms with van der Waals surface area (Å²) in [6.07, 6.45) is 0.841. The van der Waals surface area contributed by atoms with Crippen LogP contribution in [0.3, 0.4) is 0 Å². The van der Waals surface area contributed by atoms with Gasteiger partial charge >= 0.3 is 6.03 Å². The molecule has 6 heteroatoms. The molecule has 2 aromatic carbocycles. The summed E-state index contributed by atoms with van der Waals surface area (Å²) in [4.78, 5) is 28.0. The molecular weight excluding hydrogens is 390 g/mol. The molecule has 0 aromatic heterocycles. The van der Waals surface area contributed by atoms with E-state index in [0.29, 0.717) is 6.54 Å². The molecule has 1 saturated heterocycles. The molecule has 2 N–H and O–H groups in total. The van der Waals surface area contributed by atoms with Gasteiger partial charge in [-0.15, -0.1) is 0 Å². The lowest BCUT2D eigenvalue weighted by Gasteiger charge is -2.54. The quantitative estimate of drug-likeness (QED) is 0.717. The summed E-state index contributed by atoms with van der Waals surface area (Å²) >= 11 is 0. The van der Waals surface area contributed by atoms with Gasteiger partial charge in [-0.1, -0.05) is 61.0 Å². The Balaban J connectivity index is 1.67. The zero-order valence-electron chi connectivity index (χ0n) is 18.8. The standard InChI is InChI=1S/C25H33N3O3/c1-5-13-26-25(31)27(4)15-23(30)28-18(3)24(22(28)16-29)20-11-9-19(10-12-20)21-8-6-7-17(2)14-21/h6-12,14,18,22,24,29H,5,13,15-16H2,1-4H3,(H,26,31)/t18-,22+,24-/m0/s1. The van der Waals surface area contributed by atoms with Crippen LogP contribution in [-0.4, -0.2) is 65.7 Å². The van der Waals surface area contributed by atoms with Crippen LogP contribution in [0.25, 0.3) is 11.1 Å². The van der Waals surface area contributed by atoms with Gasteiger partial charge in [0.2, 0.25) is 5.91 Å². The number of hydrogen-bond acceptors (Lipinski definition) is 3. The molecule has 1 aliphatic heterocycles. The topological polar surface area (TPSA) is 72.9 Å². The second kappa shape index (κ2) is 9.96. The van der Waals surface area contributed by atoms with E-state index in [-0.39, 0.29) is 43.1 Å². The van der Waals surface area contributed by atoms with Crippen LogP contribution in [0.15, 0.2) is 48.5 Å². The van der Waals surface area contributed by atoms with Gasteiger partial charge in [0.1, 0.15) is 6.54 Å². The maximum Gasteiger partial charge on any atom is 0.317 e. The van der Waals surface area contributed by atoms with E-state index in [1.807, 2.05) is 13.8 Å². The van der Waals surface area contributed by atoms with E-state index in [9.17, 15) is 14.7 Å². The summed E-state index contributed by atoms with van der Waals surface area (Å²) in [5, 5.41) is 12.8. The lowest BCUT2D eigenvalue weighted by atomic mass is 9.75. The first-order valence-corrected chi connectivity index (χ1v) is 10.9. The first-order valence-electron chi connectivity index (χ1n) is 10.9. The minimum absolute atomic E-state index is 0.00456. The van der Waals surface area contributed by atoms with Gasteiger partial charge in [-0.2, -0.15) is 0 Å². The Morgan fingerprint density at radius 2 is 1.84 bits per heavy atom. The van der Waals surface area contributed by atoms with Crippen LogP contribution in [0.4, 0.5) is 4.79 Å². The Morgan fingerprint density at radius 1 is 1.13 bits per heavy atom. The van der Waals surface area contributed by atoms with Crippen LogP contribution in [-0.2, 0) is 4.79 Å². The van der Waals surface area contributed by atoms with Gasteiger partial charge in [0, 0.05) is 25.6 Å².